The molecule has 11 heteroatoms. The van der Waals surface area contributed by atoms with Crippen molar-refractivity contribution in [1.29, 1.82) is 0 Å². The number of nitrogens with one attached hydrogen (secondary N) is 4. The number of fused-ring (bicyclic) bond motifs is 1. The predicted molar refractivity (Wildman–Crippen MR) is 116 cm³/mol. The molecule has 0 saturated carbocycles. The van der Waals surface area contributed by atoms with Gasteiger partial charge in [0, 0.05) is 17.8 Å². The first-order chi connectivity index (χ1) is 14.8. The number of benzene rings is 2. The summed E-state index contributed by atoms with van der Waals surface area (Å²) in [4.78, 5) is 44.5. The number of hydrogen-bond donors (Lipinski definition) is 4. The van der Waals surface area contributed by atoms with Crippen molar-refractivity contribution in [3.05, 3.63) is 74.2 Å². The average molecular weight is 462 g/mol. The summed E-state index contributed by atoms with van der Waals surface area (Å²) in [6.07, 6.45) is -0.227. The zero-order valence-corrected chi connectivity index (χ0v) is 17.1. The molecule has 1 aliphatic heterocycles. The van der Waals surface area contributed by atoms with E-state index in [2.05, 4.69) is 25.9 Å². The van der Waals surface area contributed by atoms with Gasteiger partial charge in [-0.05, 0) is 42.5 Å². The van der Waals surface area contributed by atoms with Crippen LogP contribution in [0.1, 0.15) is 17.9 Å². The van der Waals surface area contributed by atoms with E-state index >= 15 is 0 Å². The summed E-state index contributed by atoms with van der Waals surface area (Å²) in [5, 5.41) is 8.54. The Balaban J connectivity index is 1.63. The molecule has 0 bridgehead atoms. The second-order valence-electron chi connectivity index (χ2n) is 6.73. The van der Waals surface area contributed by atoms with E-state index in [1.54, 1.807) is 6.07 Å². The van der Waals surface area contributed by atoms with Crippen molar-refractivity contribution in [2.75, 3.05) is 16.0 Å². The first-order valence-electron chi connectivity index (χ1n) is 9.03. The van der Waals surface area contributed by atoms with Crippen LogP contribution in [0.15, 0.2) is 47.3 Å². The largest absolute Gasteiger partial charge is 0.326 e. The lowest BCUT2D eigenvalue weighted by atomic mass is 9.92. The topological polar surface area (TPSA) is 116 Å². The Hall–Kier alpha value is -3.43. The van der Waals surface area contributed by atoms with Gasteiger partial charge in [0.15, 0.2) is 0 Å². The fourth-order valence-electron chi connectivity index (χ4n) is 3.13. The lowest BCUT2D eigenvalue weighted by Crippen LogP contribution is -2.36. The molecule has 0 aliphatic carbocycles. The maximum Gasteiger partial charge on any atom is 0.258 e. The fourth-order valence-corrected chi connectivity index (χ4v) is 3.43. The molecule has 2 amide bonds. The van der Waals surface area contributed by atoms with Crippen molar-refractivity contribution < 1.29 is 14.0 Å². The van der Waals surface area contributed by atoms with E-state index in [1.165, 1.54) is 36.4 Å². The molecule has 1 aliphatic rings. The molecular weight excluding hydrogens is 448 g/mol. The summed E-state index contributed by atoms with van der Waals surface area (Å²) in [5.74, 6) is -2.51. The number of H-pyrrole nitrogens is 1. The van der Waals surface area contributed by atoms with Crippen molar-refractivity contribution in [3.63, 3.8) is 0 Å². The average Bonchev–Trinajstić information content (AvgIpc) is 2.71. The second-order valence-corrected chi connectivity index (χ2v) is 7.55. The molecule has 0 spiro atoms. The fraction of sp³-hybridized carbons (Fsp3) is 0.100. The molecule has 31 heavy (non-hydrogen) atoms. The summed E-state index contributed by atoms with van der Waals surface area (Å²) < 4.78 is 13.1. The Kier molecular flexibility index (Phi) is 5.62. The molecule has 8 nitrogen and oxygen atoms in total. The molecule has 0 saturated heterocycles. The molecule has 0 radical (unpaired) electrons. The van der Waals surface area contributed by atoms with Crippen molar-refractivity contribution in [3.8, 4) is 0 Å². The number of aromatic nitrogens is 2. The monoisotopic (exact) mass is 461 g/mol. The smallest absolute Gasteiger partial charge is 0.258 e. The van der Waals surface area contributed by atoms with E-state index in [-0.39, 0.29) is 28.8 Å². The molecule has 4 N–H and O–H groups in total. The van der Waals surface area contributed by atoms with Crippen LogP contribution in [0, 0.1) is 5.82 Å². The normalized spacial score (nSPS) is 15.1. The molecule has 4 rings (SSSR count). The maximum absolute atomic E-state index is 13.1. The van der Waals surface area contributed by atoms with Crippen molar-refractivity contribution in [2.45, 2.75) is 12.3 Å². The van der Waals surface area contributed by atoms with Gasteiger partial charge in [-0.15, -0.1) is 0 Å². The third kappa shape index (κ3) is 4.52. The van der Waals surface area contributed by atoms with Gasteiger partial charge in [-0.2, -0.15) is 4.98 Å². The Morgan fingerprint density at radius 2 is 1.77 bits per heavy atom. The number of aromatic amines is 1. The minimum absolute atomic E-state index is 0.0288. The van der Waals surface area contributed by atoms with Crippen molar-refractivity contribution in [2.24, 2.45) is 0 Å². The van der Waals surface area contributed by atoms with Crippen LogP contribution in [0.3, 0.4) is 0 Å². The summed E-state index contributed by atoms with van der Waals surface area (Å²) in [6, 6.07) is 9.93. The van der Waals surface area contributed by atoms with Crippen LogP contribution in [-0.2, 0) is 9.59 Å². The second kappa shape index (κ2) is 8.37. The number of nitrogens with zero attached hydrogens (tertiary/aromatic N) is 1. The number of rotatable bonds is 4. The summed E-state index contributed by atoms with van der Waals surface area (Å²) in [5.41, 5.74) is 0.275. The molecule has 2 heterocycles. The van der Waals surface area contributed by atoms with Crippen LogP contribution in [0.25, 0.3) is 0 Å². The molecule has 158 valence electrons. The van der Waals surface area contributed by atoms with Gasteiger partial charge in [0.25, 0.3) is 5.56 Å². The number of carbonyl (C=O) groups is 2. The zero-order chi connectivity index (χ0) is 22.1. The third-order valence-electron chi connectivity index (χ3n) is 4.56. The van der Waals surface area contributed by atoms with Gasteiger partial charge in [0.1, 0.15) is 11.6 Å². The van der Waals surface area contributed by atoms with Crippen LogP contribution >= 0.6 is 23.2 Å². The van der Waals surface area contributed by atoms with Crippen LogP contribution in [-0.4, -0.2) is 21.8 Å². The van der Waals surface area contributed by atoms with Crippen molar-refractivity contribution >= 4 is 58.2 Å². The minimum Gasteiger partial charge on any atom is -0.326 e. The molecule has 1 atom stereocenters. The minimum atomic E-state index is -1.06. The van der Waals surface area contributed by atoms with Crippen LogP contribution in [0.4, 0.5) is 27.5 Å². The van der Waals surface area contributed by atoms with Crippen LogP contribution < -0.4 is 21.5 Å². The molecule has 2 aromatic carbocycles. The lowest BCUT2D eigenvalue weighted by molar-refractivity contribution is -0.123. The number of halogens is 3. The maximum atomic E-state index is 13.1. The zero-order valence-electron chi connectivity index (χ0n) is 15.6. The number of amides is 2. The third-order valence-corrected chi connectivity index (χ3v) is 5.30. The highest BCUT2D eigenvalue weighted by molar-refractivity contribution is 6.42. The first kappa shape index (κ1) is 20.8. The van der Waals surface area contributed by atoms with E-state index in [9.17, 15) is 18.8 Å². The number of hydrogen-bond acceptors (Lipinski definition) is 5. The Morgan fingerprint density at radius 1 is 1.06 bits per heavy atom. The quantitative estimate of drug-likeness (QED) is 0.468. The number of anilines is 4. The Labute approximate surface area is 184 Å². The molecule has 0 fully saturated rings. The predicted octanol–water partition coefficient (Wildman–Crippen LogP) is 4.02. The van der Waals surface area contributed by atoms with E-state index in [0.717, 1.165) is 0 Å². The summed E-state index contributed by atoms with van der Waals surface area (Å²) in [7, 11) is 0. The highest BCUT2D eigenvalue weighted by Crippen LogP contribution is 2.31. The Morgan fingerprint density at radius 3 is 2.48 bits per heavy atom. The Bertz CT molecular complexity index is 1250. The molecular formula is C20H14Cl2FN5O3. The van der Waals surface area contributed by atoms with Crippen LogP contribution in [0.5, 0.6) is 0 Å². The highest BCUT2D eigenvalue weighted by Gasteiger charge is 2.34. The first-order valence-corrected chi connectivity index (χ1v) is 9.78. The van der Waals surface area contributed by atoms with Crippen LogP contribution in [0.2, 0.25) is 10.0 Å². The van der Waals surface area contributed by atoms with Gasteiger partial charge < -0.3 is 16.0 Å². The van der Waals surface area contributed by atoms with E-state index in [4.69, 9.17) is 23.2 Å². The summed E-state index contributed by atoms with van der Waals surface area (Å²) in [6.45, 7) is 0. The molecule has 1 aromatic heterocycles. The lowest BCUT2D eigenvalue weighted by Gasteiger charge is -2.23. The van der Waals surface area contributed by atoms with E-state index in [0.29, 0.717) is 16.4 Å². The number of carbonyl (C=O) groups excluding carboxylic acids is 2. The highest BCUT2D eigenvalue weighted by atomic mass is 35.5. The SMILES string of the molecule is O=C1CC(C(=O)Nc2ccc(Cl)c(Cl)c2)c2c(nc(Nc3ccc(F)cc3)[nH]c2=O)N1. The van der Waals surface area contributed by atoms with Gasteiger partial charge in [0.2, 0.25) is 17.8 Å². The van der Waals surface area contributed by atoms with Gasteiger partial charge in [-0.3, -0.25) is 19.4 Å². The van der Waals surface area contributed by atoms with E-state index < -0.39 is 29.1 Å². The van der Waals surface area contributed by atoms with E-state index in [1.807, 2.05) is 0 Å². The standard InChI is InChI=1S/C20H14Cl2FN5O3/c21-13-6-5-11(7-14(13)22)24-18(30)12-8-15(29)26-17-16(12)19(31)28-20(27-17)25-10-3-1-9(23)2-4-10/h1-7,12H,8H2,(H,24,30)(H3,25,26,27,28,29,31). The van der Waals surface area contributed by atoms with Gasteiger partial charge in [-0.25, -0.2) is 4.39 Å². The van der Waals surface area contributed by atoms with Crippen molar-refractivity contribution in [1.82, 2.24) is 9.97 Å². The van der Waals surface area contributed by atoms with Gasteiger partial charge in [-0.1, -0.05) is 23.2 Å². The van der Waals surface area contributed by atoms with Gasteiger partial charge >= 0.3 is 0 Å². The summed E-state index contributed by atoms with van der Waals surface area (Å²) >= 11 is 11.8. The molecule has 1 unspecified atom stereocenters. The molecule has 3 aromatic rings. The van der Waals surface area contributed by atoms with Gasteiger partial charge in [0.05, 0.1) is 21.5 Å².